The SMILES string of the molecule is CC(C)C(=O)OCC(COC(=O)C(C)C)(COC(=O)C(C)C)c1cc[n+](C)cc1. The first-order valence-corrected chi connectivity index (χ1v) is 9.94. The molecule has 0 aliphatic rings. The topological polar surface area (TPSA) is 82.8 Å². The van der Waals surface area contributed by atoms with Gasteiger partial charge in [-0.2, -0.15) is 0 Å². The first-order chi connectivity index (χ1) is 13.5. The molecule has 0 saturated heterocycles. The van der Waals surface area contributed by atoms with Crippen molar-refractivity contribution in [1.82, 2.24) is 0 Å². The van der Waals surface area contributed by atoms with Crippen LogP contribution < -0.4 is 4.57 Å². The normalized spacial score (nSPS) is 11.7. The largest absolute Gasteiger partial charge is 0.464 e. The second kappa shape index (κ2) is 10.9. The third-order valence-corrected chi connectivity index (χ3v) is 4.48. The lowest BCUT2D eigenvalue weighted by Gasteiger charge is -2.33. The number of hydrogen-bond acceptors (Lipinski definition) is 6. The molecule has 0 aliphatic carbocycles. The number of carbonyl (C=O) groups excluding carboxylic acids is 3. The highest BCUT2D eigenvalue weighted by molar-refractivity contribution is 5.73. The molecule has 0 saturated carbocycles. The number of aromatic nitrogens is 1. The van der Waals surface area contributed by atoms with Crippen molar-refractivity contribution < 1.29 is 33.2 Å². The molecule has 1 rings (SSSR count). The summed E-state index contributed by atoms with van der Waals surface area (Å²) < 4.78 is 18.4. The van der Waals surface area contributed by atoms with E-state index < -0.39 is 5.41 Å². The number of nitrogens with zero attached hydrogens (tertiary/aromatic N) is 1. The summed E-state index contributed by atoms with van der Waals surface area (Å²) in [5.41, 5.74) is -0.256. The van der Waals surface area contributed by atoms with Gasteiger partial charge in [-0.3, -0.25) is 14.4 Å². The van der Waals surface area contributed by atoms with Crippen LogP contribution in [0.2, 0.25) is 0 Å². The van der Waals surface area contributed by atoms with Crippen LogP contribution in [0.4, 0.5) is 0 Å². The zero-order valence-electron chi connectivity index (χ0n) is 18.6. The highest BCUT2D eigenvalue weighted by atomic mass is 16.6. The summed E-state index contributed by atoms with van der Waals surface area (Å²) in [6.45, 7) is 10.2. The number of carbonyl (C=O) groups is 3. The Labute approximate surface area is 173 Å². The van der Waals surface area contributed by atoms with Crippen LogP contribution in [0, 0.1) is 17.8 Å². The fourth-order valence-electron chi connectivity index (χ4n) is 2.36. The molecule has 0 aromatic carbocycles. The fraction of sp³-hybridized carbons (Fsp3) is 0.636. The van der Waals surface area contributed by atoms with E-state index in [1.165, 1.54) is 0 Å². The van der Waals surface area contributed by atoms with E-state index >= 15 is 0 Å². The van der Waals surface area contributed by atoms with Gasteiger partial charge in [-0.05, 0) is 5.56 Å². The predicted octanol–water partition coefficient (Wildman–Crippen LogP) is 2.35. The van der Waals surface area contributed by atoms with Gasteiger partial charge in [0.2, 0.25) is 0 Å². The minimum absolute atomic E-state index is 0.0749. The summed E-state index contributed by atoms with van der Waals surface area (Å²) in [4.78, 5) is 36.4. The third kappa shape index (κ3) is 7.48. The Morgan fingerprint density at radius 3 is 1.34 bits per heavy atom. The molecule has 0 spiro atoms. The molecule has 0 fully saturated rings. The van der Waals surface area contributed by atoms with Crippen molar-refractivity contribution in [2.45, 2.75) is 47.0 Å². The Hall–Kier alpha value is -2.44. The van der Waals surface area contributed by atoms with Crippen molar-refractivity contribution in [2.75, 3.05) is 19.8 Å². The number of esters is 3. The molecule has 0 atom stereocenters. The van der Waals surface area contributed by atoms with Gasteiger partial charge in [0.05, 0.1) is 23.2 Å². The van der Waals surface area contributed by atoms with E-state index in [4.69, 9.17) is 14.2 Å². The molecule has 0 radical (unpaired) electrons. The van der Waals surface area contributed by atoms with Gasteiger partial charge in [-0.1, -0.05) is 41.5 Å². The van der Waals surface area contributed by atoms with Gasteiger partial charge in [0.1, 0.15) is 26.9 Å². The van der Waals surface area contributed by atoms with E-state index in [1.54, 1.807) is 41.5 Å². The molecule has 1 aromatic rings. The van der Waals surface area contributed by atoms with Crippen molar-refractivity contribution >= 4 is 17.9 Å². The Morgan fingerprint density at radius 2 is 1.07 bits per heavy atom. The maximum Gasteiger partial charge on any atom is 0.308 e. The van der Waals surface area contributed by atoms with E-state index in [2.05, 4.69) is 0 Å². The van der Waals surface area contributed by atoms with Crippen LogP contribution in [0.15, 0.2) is 24.5 Å². The standard InChI is InChI=1S/C22H34NO6/c1-15(2)19(24)27-12-22(13-28-20(25)16(3)4,14-29-21(26)17(5)6)18-8-10-23(7)11-9-18/h8-11,15-17H,12-14H2,1-7H3/q+1. The second-order valence-corrected chi connectivity index (χ2v) is 8.32. The van der Waals surface area contributed by atoms with Crippen LogP contribution in [-0.2, 0) is 41.1 Å². The van der Waals surface area contributed by atoms with E-state index in [-0.39, 0.29) is 55.5 Å². The Morgan fingerprint density at radius 1 is 0.759 bits per heavy atom. The lowest BCUT2D eigenvalue weighted by Crippen LogP contribution is -2.45. The molecular formula is C22H34NO6+. The summed E-state index contributed by atoms with van der Waals surface area (Å²) >= 11 is 0. The molecule has 0 aliphatic heterocycles. The van der Waals surface area contributed by atoms with Gasteiger partial charge >= 0.3 is 17.9 Å². The minimum atomic E-state index is -1.01. The first kappa shape index (κ1) is 24.6. The van der Waals surface area contributed by atoms with Crippen LogP contribution in [0.5, 0.6) is 0 Å². The maximum atomic E-state index is 12.1. The van der Waals surface area contributed by atoms with Gasteiger partial charge in [0, 0.05) is 12.1 Å². The van der Waals surface area contributed by atoms with E-state index in [9.17, 15) is 14.4 Å². The van der Waals surface area contributed by atoms with E-state index in [1.807, 2.05) is 36.1 Å². The Bertz CT molecular complexity index is 634. The summed E-state index contributed by atoms with van der Waals surface area (Å²) in [5, 5.41) is 0. The van der Waals surface area contributed by atoms with Crippen LogP contribution >= 0.6 is 0 Å². The molecule has 1 aromatic heterocycles. The van der Waals surface area contributed by atoms with Gasteiger partial charge in [-0.25, -0.2) is 4.57 Å². The summed E-state index contributed by atoms with van der Waals surface area (Å²) in [5.74, 6) is -2.04. The smallest absolute Gasteiger partial charge is 0.308 e. The van der Waals surface area contributed by atoms with Gasteiger partial charge in [0.25, 0.3) is 0 Å². The summed E-state index contributed by atoms with van der Waals surface area (Å²) in [6, 6.07) is 3.69. The molecule has 0 bridgehead atoms. The molecule has 7 heteroatoms. The van der Waals surface area contributed by atoms with Crippen molar-refractivity contribution in [2.24, 2.45) is 24.8 Å². The highest BCUT2D eigenvalue weighted by Crippen LogP contribution is 2.27. The van der Waals surface area contributed by atoms with Gasteiger partial charge in [0.15, 0.2) is 12.4 Å². The van der Waals surface area contributed by atoms with Crippen molar-refractivity contribution in [1.29, 1.82) is 0 Å². The highest BCUT2D eigenvalue weighted by Gasteiger charge is 2.39. The van der Waals surface area contributed by atoms with Crippen LogP contribution in [0.25, 0.3) is 0 Å². The molecule has 0 amide bonds. The van der Waals surface area contributed by atoms with Gasteiger partial charge < -0.3 is 14.2 Å². The van der Waals surface area contributed by atoms with Crippen molar-refractivity contribution in [3.8, 4) is 0 Å². The maximum absolute atomic E-state index is 12.1. The van der Waals surface area contributed by atoms with E-state index in [0.717, 1.165) is 5.56 Å². The summed E-state index contributed by atoms with van der Waals surface area (Å²) in [7, 11) is 1.88. The quantitative estimate of drug-likeness (QED) is 0.336. The lowest BCUT2D eigenvalue weighted by molar-refractivity contribution is -0.671. The van der Waals surface area contributed by atoms with Crippen LogP contribution in [0.1, 0.15) is 47.1 Å². The molecule has 0 N–H and O–H groups in total. The molecule has 162 valence electrons. The van der Waals surface area contributed by atoms with Crippen LogP contribution in [-0.4, -0.2) is 37.7 Å². The number of pyridine rings is 1. The second-order valence-electron chi connectivity index (χ2n) is 8.32. The van der Waals surface area contributed by atoms with Crippen LogP contribution in [0.3, 0.4) is 0 Å². The third-order valence-electron chi connectivity index (χ3n) is 4.48. The number of rotatable bonds is 10. The molecule has 7 nitrogen and oxygen atoms in total. The molecule has 1 heterocycles. The van der Waals surface area contributed by atoms with Crippen molar-refractivity contribution in [3.63, 3.8) is 0 Å². The zero-order valence-corrected chi connectivity index (χ0v) is 18.6. The zero-order chi connectivity index (χ0) is 22.2. The predicted molar refractivity (Wildman–Crippen MR) is 107 cm³/mol. The number of aryl methyl sites for hydroxylation is 1. The average Bonchev–Trinajstić information content (AvgIpc) is 2.67. The van der Waals surface area contributed by atoms with Gasteiger partial charge in [-0.15, -0.1) is 0 Å². The number of ether oxygens (including phenoxy) is 3. The number of hydrogen-bond donors (Lipinski definition) is 0. The fourth-order valence-corrected chi connectivity index (χ4v) is 2.36. The first-order valence-electron chi connectivity index (χ1n) is 9.94. The molecule has 0 unspecified atom stereocenters. The minimum Gasteiger partial charge on any atom is -0.464 e. The average molecular weight is 409 g/mol. The summed E-state index contributed by atoms with van der Waals surface area (Å²) in [6.07, 6.45) is 3.67. The monoisotopic (exact) mass is 408 g/mol. The lowest BCUT2D eigenvalue weighted by atomic mass is 9.83. The Kier molecular flexibility index (Phi) is 9.27. The molecular weight excluding hydrogens is 374 g/mol. The molecule has 29 heavy (non-hydrogen) atoms. The van der Waals surface area contributed by atoms with E-state index in [0.29, 0.717) is 0 Å². The van der Waals surface area contributed by atoms with Crippen molar-refractivity contribution in [3.05, 3.63) is 30.1 Å². The Balaban J connectivity index is 3.26.